The lowest BCUT2D eigenvalue weighted by Gasteiger charge is -2.01. The monoisotopic (exact) mass is 268 g/mol. The minimum atomic E-state index is -0.325. The Labute approximate surface area is 116 Å². The van der Waals surface area contributed by atoms with Gasteiger partial charge in [-0.1, -0.05) is 23.8 Å². The summed E-state index contributed by atoms with van der Waals surface area (Å²) in [7, 11) is 0. The molecule has 3 nitrogen and oxygen atoms in total. The van der Waals surface area contributed by atoms with E-state index >= 15 is 0 Å². The third kappa shape index (κ3) is 2.32. The van der Waals surface area contributed by atoms with Gasteiger partial charge in [-0.3, -0.25) is 0 Å². The molecule has 0 spiro atoms. The van der Waals surface area contributed by atoms with Gasteiger partial charge in [0.15, 0.2) is 0 Å². The minimum Gasteiger partial charge on any atom is -0.416 e. The Hall–Kier alpha value is -2.49. The molecule has 0 radical (unpaired) electrons. The molecule has 0 fully saturated rings. The lowest BCUT2D eigenvalue weighted by Crippen LogP contribution is -1.84. The third-order valence-corrected chi connectivity index (χ3v) is 3.11. The Morgan fingerprint density at radius 2 is 1.75 bits per heavy atom. The van der Waals surface area contributed by atoms with Gasteiger partial charge in [-0.25, -0.2) is 4.39 Å². The van der Waals surface area contributed by atoms with Crippen molar-refractivity contribution in [1.29, 1.82) is 0 Å². The Balaban J connectivity index is 2.02. The van der Waals surface area contributed by atoms with E-state index in [1.807, 2.05) is 26.0 Å². The van der Waals surface area contributed by atoms with Crippen LogP contribution in [0.2, 0.25) is 0 Å². The summed E-state index contributed by atoms with van der Waals surface area (Å²) in [5.74, 6) is 0.440. The number of rotatable bonds is 2. The molecule has 0 saturated carbocycles. The maximum absolute atomic E-state index is 13.2. The first kappa shape index (κ1) is 12.5. The van der Waals surface area contributed by atoms with Gasteiger partial charge < -0.3 is 4.42 Å². The predicted molar refractivity (Wildman–Crippen MR) is 74.6 cm³/mol. The molecular formula is C16H13FN2O. The summed E-state index contributed by atoms with van der Waals surface area (Å²) >= 11 is 0. The van der Waals surface area contributed by atoms with Crippen LogP contribution in [0.5, 0.6) is 0 Å². The Kier molecular flexibility index (Phi) is 3.06. The summed E-state index contributed by atoms with van der Waals surface area (Å²) in [5, 5.41) is 8.03. The quantitative estimate of drug-likeness (QED) is 0.700. The van der Waals surface area contributed by atoms with Crippen molar-refractivity contribution in [3.05, 3.63) is 59.4 Å². The maximum atomic E-state index is 13.2. The first-order valence-corrected chi connectivity index (χ1v) is 6.30. The van der Waals surface area contributed by atoms with Crippen molar-refractivity contribution in [2.45, 2.75) is 13.8 Å². The molecule has 0 N–H and O–H groups in total. The molecule has 0 atom stereocenters. The van der Waals surface area contributed by atoms with Crippen LogP contribution in [0.4, 0.5) is 4.39 Å². The van der Waals surface area contributed by atoms with E-state index in [2.05, 4.69) is 16.3 Å². The summed E-state index contributed by atoms with van der Waals surface area (Å²) in [4.78, 5) is 0. The normalized spacial score (nSPS) is 10.8. The molecule has 0 aliphatic heterocycles. The largest absolute Gasteiger partial charge is 0.416 e. The summed E-state index contributed by atoms with van der Waals surface area (Å²) < 4.78 is 18.8. The number of aryl methyl sites for hydroxylation is 2. The lowest BCUT2D eigenvalue weighted by atomic mass is 10.1. The van der Waals surface area contributed by atoms with Crippen molar-refractivity contribution in [1.82, 2.24) is 10.2 Å². The van der Waals surface area contributed by atoms with Gasteiger partial charge in [0, 0.05) is 11.1 Å². The molecule has 20 heavy (non-hydrogen) atoms. The van der Waals surface area contributed by atoms with Gasteiger partial charge in [0.25, 0.3) is 0 Å². The van der Waals surface area contributed by atoms with E-state index in [4.69, 9.17) is 4.42 Å². The van der Waals surface area contributed by atoms with Crippen LogP contribution in [0.15, 0.2) is 46.9 Å². The highest BCUT2D eigenvalue weighted by Gasteiger charge is 2.12. The molecule has 3 rings (SSSR count). The van der Waals surface area contributed by atoms with E-state index in [0.29, 0.717) is 17.3 Å². The second-order valence-corrected chi connectivity index (χ2v) is 4.74. The molecule has 0 unspecified atom stereocenters. The second-order valence-electron chi connectivity index (χ2n) is 4.74. The Morgan fingerprint density at radius 1 is 0.950 bits per heavy atom. The van der Waals surface area contributed by atoms with Crippen molar-refractivity contribution in [2.24, 2.45) is 0 Å². The SMILES string of the molecule is Cc1ccc(-c2nnc(-c3cccc(F)c3)o2)c(C)c1. The van der Waals surface area contributed by atoms with Gasteiger partial charge in [-0.05, 0) is 43.7 Å². The highest BCUT2D eigenvalue weighted by atomic mass is 19.1. The highest BCUT2D eigenvalue weighted by molar-refractivity contribution is 5.61. The Morgan fingerprint density at radius 3 is 2.50 bits per heavy atom. The van der Waals surface area contributed by atoms with Gasteiger partial charge in [-0.15, -0.1) is 10.2 Å². The van der Waals surface area contributed by atoms with Gasteiger partial charge >= 0.3 is 0 Å². The fourth-order valence-corrected chi connectivity index (χ4v) is 2.12. The van der Waals surface area contributed by atoms with E-state index in [1.165, 1.54) is 17.7 Å². The highest BCUT2D eigenvalue weighted by Crippen LogP contribution is 2.26. The number of hydrogen-bond acceptors (Lipinski definition) is 3. The van der Waals surface area contributed by atoms with E-state index < -0.39 is 0 Å². The molecule has 0 bridgehead atoms. The van der Waals surface area contributed by atoms with Crippen LogP contribution in [0.1, 0.15) is 11.1 Å². The number of benzene rings is 2. The maximum Gasteiger partial charge on any atom is 0.248 e. The summed E-state index contributed by atoms with van der Waals surface area (Å²) in [6.45, 7) is 4.02. The molecule has 1 heterocycles. The minimum absolute atomic E-state index is 0.319. The summed E-state index contributed by atoms with van der Waals surface area (Å²) in [5.41, 5.74) is 3.72. The van der Waals surface area contributed by atoms with Gasteiger partial charge in [0.1, 0.15) is 5.82 Å². The van der Waals surface area contributed by atoms with Gasteiger partial charge in [0.05, 0.1) is 0 Å². The first-order valence-electron chi connectivity index (χ1n) is 6.30. The molecular weight excluding hydrogens is 255 g/mol. The molecule has 100 valence electrons. The van der Waals surface area contributed by atoms with Gasteiger partial charge in [0.2, 0.25) is 11.8 Å². The predicted octanol–water partition coefficient (Wildman–Crippen LogP) is 4.16. The number of nitrogens with zero attached hydrogens (tertiary/aromatic N) is 2. The van der Waals surface area contributed by atoms with Crippen molar-refractivity contribution in [2.75, 3.05) is 0 Å². The molecule has 4 heteroatoms. The van der Waals surface area contributed by atoms with Crippen LogP contribution < -0.4 is 0 Å². The number of aromatic nitrogens is 2. The van der Waals surface area contributed by atoms with E-state index in [1.54, 1.807) is 12.1 Å². The average molecular weight is 268 g/mol. The summed E-state index contributed by atoms with van der Waals surface area (Å²) in [6, 6.07) is 12.1. The van der Waals surface area contributed by atoms with Crippen molar-refractivity contribution < 1.29 is 8.81 Å². The zero-order valence-electron chi connectivity index (χ0n) is 11.2. The molecule has 1 aromatic heterocycles. The zero-order valence-corrected chi connectivity index (χ0v) is 11.2. The fourth-order valence-electron chi connectivity index (χ4n) is 2.12. The molecule has 3 aromatic rings. The molecule has 0 saturated heterocycles. The molecule has 0 aliphatic carbocycles. The molecule has 2 aromatic carbocycles. The van der Waals surface area contributed by atoms with Crippen LogP contribution in [0, 0.1) is 19.7 Å². The third-order valence-electron chi connectivity index (χ3n) is 3.11. The van der Waals surface area contributed by atoms with E-state index in [0.717, 1.165) is 11.1 Å². The number of halogens is 1. The van der Waals surface area contributed by atoms with Crippen LogP contribution >= 0.6 is 0 Å². The fraction of sp³-hybridized carbons (Fsp3) is 0.125. The number of hydrogen-bond donors (Lipinski definition) is 0. The van der Waals surface area contributed by atoms with Crippen molar-refractivity contribution in [3.8, 4) is 22.9 Å². The van der Waals surface area contributed by atoms with Crippen LogP contribution in [0.25, 0.3) is 22.9 Å². The zero-order chi connectivity index (χ0) is 14.1. The summed E-state index contributed by atoms with van der Waals surface area (Å²) in [6.07, 6.45) is 0. The van der Waals surface area contributed by atoms with Crippen molar-refractivity contribution >= 4 is 0 Å². The average Bonchev–Trinajstić information content (AvgIpc) is 2.88. The van der Waals surface area contributed by atoms with E-state index in [9.17, 15) is 4.39 Å². The smallest absolute Gasteiger partial charge is 0.248 e. The van der Waals surface area contributed by atoms with Gasteiger partial charge in [-0.2, -0.15) is 0 Å². The van der Waals surface area contributed by atoms with Crippen molar-refractivity contribution in [3.63, 3.8) is 0 Å². The first-order chi connectivity index (χ1) is 9.63. The lowest BCUT2D eigenvalue weighted by molar-refractivity contribution is 0.581. The topological polar surface area (TPSA) is 38.9 Å². The van der Waals surface area contributed by atoms with Crippen LogP contribution in [0.3, 0.4) is 0 Å². The molecule has 0 amide bonds. The second kappa shape index (κ2) is 4.89. The van der Waals surface area contributed by atoms with Crippen LogP contribution in [-0.2, 0) is 0 Å². The molecule has 0 aliphatic rings. The van der Waals surface area contributed by atoms with Crippen LogP contribution in [-0.4, -0.2) is 10.2 Å². The van der Waals surface area contributed by atoms with E-state index in [-0.39, 0.29) is 5.82 Å². The standard InChI is InChI=1S/C16H13FN2O/c1-10-6-7-14(11(2)8-10)16-19-18-15(20-16)12-4-3-5-13(17)9-12/h3-9H,1-2H3. The Bertz CT molecular complexity index is 765.